The number of nitrogens with one attached hydrogen (secondary N) is 1. The smallest absolute Gasteiger partial charge is 0.241 e. The summed E-state index contributed by atoms with van der Waals surface area (Å²) in [6.07, 6.45) is 0.682. The minimum atomic E-state index is -0.465. The van der Waals surface area contributed by atoms with Gasteiger partial charge in [0.15, 0.2) is 0 Å². The summed E-state index contributed by atoms with van der Waals surface area (Å²) in [5.74, 6) is 1.07. The molecule has 0 aliphatic rings. The lowest BCUT2D eigenvalue weighted by Gasteiger charge is -2.15. The maximum atomic E-state index is 11.8. The molecule has 0 fully saturated rings. The van der Waals surface area contributed by atoms with Crippen LogP contribution < -0.4 is 15.8 Å². The van der Waals surface area contributed by atoms with E-state index < -0.39 is 6.04 Å². The number of ether oxygens (including phenoxy) is 1. The van der Waals surface area contributed by atoms with E-state index in [1.54, 1.807) is 7.11 Å². The number of hydrogen-bond donors (Lipinski definition) is 2. The first kappa shape index (κ1) is 14.5. The molecule has 0 bridgehead atoms. The number of nitrogens with two attached hydrogens (primary N) is 1. The summed E-state index contributed by atoms with van der Waals surface area (Å²) < 4.78 is 5.17. The highest BCUT2D eigenvalue weighted by Crippen LogP contribution is 2.21. The molecule has 0 aromatic heterocycles. The minimum Gasteiger partial charge on any atom is -0.496 e. The van der Waals surface area contributed by atoms with Gasteiger partial charge in [-0.05, 0) is 43.0 Å². The van der Waals surface area contributed by atoms with Gasteiger partial charge in [0.05, 0.1) is 13.2 Å². The van der Waals surface area contributed by atoms with Gasteiger partial charge in [-0.2, -0.15) is 0 Å². The van der Waals surface area contributed by atoms with Gasteiger partial charge in [0.2, 0.25) is 5.91 Å². The van der Waals surface area contributed by atoms with Crippen LogP contribution in [0.5, 0.6) is 5.75 Å². The molecule has 0 aliphatic carbocycles. The second-order valence-electron chi connectivity index (χ2n) is 4.91. The average molecular weight is 250 g/mol. The summed E-state index contributed by atoms with van der Waals surface area (Å²) in [5.41, 5.74) is 7.55. The molecule has 4 nitrogen and oxygen atoms in total. The molecule has 18 heavy (non-hydrogen) atoms. The van der Waals surface area contributed by atoms with Gasteiger partial charge in [-0.3, -0.25) is 4.79 Å². The van der Waals surface area contributed by atoms with Crippen LogP contribution in [0, 0.1) is 12.8 Å². The molecule has 0 spiro atoms. The second-order valence-corrected chi connectivity index (χ2v) is 4.91. The fraction of sp³-hybridized carbons (Fsp3) is 0.500. The zero-order chi connectivity index (χ0) is 13.7. The van der Waals surface area contributed by atoms with Crippen LogP contribution in [0.2, 0.25) is 0 Å². The monoisotopic (exact) mass is 250 g/mol. The summed E-state index contributed by atoms with van der Waals surface area (Å²) in [7, 11) is 1.62. The van der Waals surface area contributed by atoms with Crippen LogP contribution in [0.25, 0.3) is 0 Å². The molecular formula is C14H22N2O2. The van der Waals surface area contributed by atoms with Crippen LogP contribution >= 0.6 is 0 Å². The van der Waals surface area contributed by atoms with E-state index in [9.17, 15) is 4.79 Å². The van der Waals surface area contributed by atoms with Crippen molar-refractivity contribution >= 4 is 11.6 Å². The molecule has 1 aromatic rings. The fourth-order valence-corrected chi connectivity index (χ4v) is 1.81. The molecule has 1 aromatic carbocycles. The normalized spacial score (nSPS) is 12.3. The summed E-state index contributed by atoms with van der Waals surface area (Å²) in [4.78, 5) is 11.8. The standard InChI is InChI=1S/C14H22N2O2/c1-9(2)7-12(15)14(17)16-11-5-6-13(18-4)10(3)8-11/h5-6,8-9,12H,7,15H2,1-4H3,(H,16,17). The van der Waals surface area contributed by atoms with Gasteiger partial charge in [0.25, 0.3) is 0 Å². The van der Waals surface area contributed by atoms with Gasteiger partial charge < -0.3 is 15.8 Å². The summed E-state index contributed by atoms with van der Waals surface area (Å²) >= 11 is 0. The summed E-state index contributed by atoms with van der Waals surface area (Å²) in [5, 5.41) is 2.82. The van der Waals surface area contributed by atoms with Gasteiger partial charge in [0.1, 0.15) is 5.75 Å². The molecule has 0 aliphatic heterocycles. The van der Waals surface area contributed by atoms with Crippen molar-refractivity contribution in [1.82, 2.24) is 0 Å². The Balaban J connectivity index is 2.67. The maximum Gasteiger partial charge on any atom is 0.241 e. The van der Waals surface area contributed by atoms with Crippen molar-refractivity contribution in [3.63, 3.8) is 0 Å². The quantitative estimate of drug-likeness (QED) is 0.843. The third-order valence-corrected chi connectivity index (χ3v) is 2.72. The van der Waals surface area contributed by atoms with Crippen LogP contribution in [0.4, 0.5) is 5.69 Å². The molecule has 100 valence electrons. The van der Waals surface area contributed by atoms with E-state index in [0.29, 0.717) is 12.3 Å². The van der Waals surface area contributed by atoms with E-state index in [1.165, 1.54) is 0 Å². The molecule has 0 saturated heterocycles. The van der Waals surface area contributed by atoms with Gasteiger partial charge in [-0.25, -0.2) is 0 Å². The lowest BCUT2D eigenvalue weighted by Crippen LogP contribution is -2.36. The van der Waals surface area contributed by atoms with E-state index in [0.717, 1.165) is 17.0 Å². The van der Waals surface area contributed by atoms with E-state index >= 15 is 0 Å². The highest BCUT2D eigenvalue weighted by Gasteiger charge is 2.15. The summed E-state index contributed by atoms with van der Waals surface area (Å²) in [6.45, 7) is 6.03. The summed E-state index contributed by atoms with van der Waals surface area (Å²) in [6, 6.07) is 5.05. The SMILES string of the molecule is COc1ccc(NC(=O)C(N)CC(C)C)cc1C. The molecule has 1 amide bonds. The average Bonchev–Trinajstić information content (AvgIpc) is 2.28. The van der Waals surface area contributed by atoms with Crippen molar-refractivity contribution in [1.29, 1.82) is 0 Å². The third-order valence-electron chi connectivity index (χ3n) is 2.72. The van der Waals surface area contributed by atoms with Crippen LogP contribution in [0.15, 0.2) is 18.2 Å². The van der Waals surface area contributed by atoms with E-state index in [1.807, 2.05) is 39.0 Å². The predicted octanol–water partition coefficient (Wildman–Crippen LogP) is 2.32. The van der Waals surface area contributed by atoms with E-state index in [2.05, 4.69) is 5.32 Å². The van der Waals surface area contributed by atoms with Crippen LogP contribution in [0.3, 0.4) is 0 Å². The van der Waals surface area contributed by atoms with Crippen LogP contribution in [0.1, 0.15) is 25.8 Å². The molecule has 0 heterocycles. The molecule has 0 radical (unpaired) electrons. The first-order chi connectivity index (χ1) is 8.43. The van der Waals surface area contributed by atoms with Crippen molar-refractivity contribution in [2.45, 2.75) is 33.2 Å². The Morgan fingerprint density at radius 2 is 2.11 bits per heavy atom. The number of carbonyl (C=O) groups is 1. The molecular weight excluding hydrogens is 228 g/mol. The lowest BCUT2D eigenvalue weighted by atomic mass is 10.0. The number of methoxy groups -OCH3 is 1. The van der Waals surface area contributed by atoms with Gasteiger partial charge in [-0.1, -0.05) is 13.8 Å². The fourth-order valence-electron chi connectivity index (χ4n) is 1.81. The van der Waals surface area contributed by atoms with Gasteiger partial charge >= 0.3 is 0 Å². The molecule has 1 unspecified atom stereocenters. The Morgan fingerprint density at radius 3 is 2.61 bits per heavy atom. The number of rotatable bonds is 5. The van der Waals surface area contributed by atoms with Crippen molar-refractivity contribution in [2.24, 2.45) is 11.7 Å². The lowest BCUT2D eigenvalue weighted by molar-refractivity contribution is -0.117. The highest BCUT2D eigenvalue weighted by molar-refractivity contribution is 5.94. The largest absolute Gasteiger partial charge is 0.496 e. The second kappa shape index (κ2) is 6.40. The van der Waals surface area contributed by atoms with Crippen molar-refractivity contribution in [3.05, 3.63) is 23.8 Å². The highest BCUT2D eigenvalue weighted by atomic mass is 16.5. The Kier molecular flexibility index (Phi) is 5.16. The Bertz CT molecular complexity index is 416. The number of aryl methyl sites for hydroxylation is 1. The predicted molar refractivity (Wildman–Crippen MR) is 73.8 cm³/mol. The molecule has 3 N–H and O–H groups in total. The van der Waals surface area contributed by atoms with Crippen molar-refractivity contribution in [3.8, 4) is 5.75 Å². The zero-order valence-electron chi connectivity index (χ0n) is 11.5. The number of anilines is 1. The van der Waals surface area contributed by atoms with E-state index in [4.69, 9.17) is 10.5 Å². The van der Waals surface area contributed by atoms with Gasteiger partial charge in [-0.15, -0.1) is 0 Å². The zero-order valence-corrected chi connectivity index (χ0v) is 11.5. The minimum absolute atomic E-state index is 0.145. The van der Waals surface area contributed by atoms with Crippen LogP contribution in [-0.4, -0.2) is 19.1 Å². The Hall–Kier alpha value is -1.55. The van der Waals surface area contributed by atoms with Crippen molar-refractivity contribution < 1.29 is 9.53 Å². The number of carbonyl (C=O) groups excluding carboxylic acids is 1. The number of amides is 1. The van der Waals surface area contributed by atoms with Gasteiger partial charge in [0, 0.05) is 5.69 Å². The molecule has 1 rings (SSSR count). The first-order valence-electron chi connectivity index (χ1n) is 6.15. The third kappa shape index (κ3) is 4.04. The Labute approximate surface area is 109 Å². The molecule has 4 heteroatoms. The van der Waals surface area contributed by atoms with Crippen molar-refractivity contribution in [2.75, 3.05) is 12.4 Å². The topological polar surface area (TPSA) is 64.3 Å². The molecule has 1 atom stereocenters. The number of hydrogen-bond acceptors (Lipinski definition) is 3. The van der Waals surface area contributed by atoms with Crippen LogP contribution in [-0.2, 0) is 4.79 Å². The van der Waals surface area contributed by atoms with E-state index in [-0.39, 0.29) is 5.91 Å². The Morgan fingerprint density at radius 1 is 1.44 bits per heavy atom. The number of benzene rings is 1. The first-order valence-corrected chi connectivity index (χ1v) is 6.15. The molecule has 0 saturated carbocycles. The maximum absolute atomic E-state index is 11.8.